The van der Waals surface area contributed by atoms with Crippen LogP contribution in [0, 0.1) is 0 Å². The van der Waals surface area contributed by atoms with Crippen LogP contribution in [-0.2, 0) is 17.6 Å². The van der Waals surface area contributed by atoms with Crippen molar-refractivity contribution in [3.63, 3.8) is 0 Å². The summed E-state index contributed by atoms with van der Waals surface area (Å²) >= 11 is 0. The van der Waals surface area contributed by atoms with Gasteiger partial charge in [-0.1, -0.05) is 24.3 Å². The summed E-state index contributed by atoms with van der Waals surface area (Å²) in [6.07, 6.45) is 6.81. The zero-order chi connectivity index (χ0) is 17.8. The fourth-order valence-electron chi connectivity index (χ4n) is 4.51. The number of hydrogen-bond donors (Lipinski definition) is 1. The Hall–Kier alpha value is -1.59. The van der Waals surface area contributed by atoms with Crippen molar-refractivity contribution in [2.75, 3.05) is 39.3 Å². The van der Waals surface area contributed by atoms with E-state index in [1.165, 1.54) is 37.1 Å². The van der Waals surface area contributed by atoms with Gasteiger partial charge in [0, 0.05) is 25.7 Å². The lowest BCUT2D eigenvalue weighted by molar-refractivity contribution is 0.00681. The van der Waals surface area contributed by atoms with Gasteiger partial charge in [-0.3, -0.25) is 0 Å². The highest BCUT2D eigenvalue weighted by Crippen LogP contribution is 2.22. The number of urea groups is 1. The summed E-state index contributed by atoms with van der Waals surface area (Å²) in [6.45, 7) is 5.96. The Morgan fingerprint density at radius 2 is 1.69 bits per heavy atom. The second kappa shape index (κ2) is 8.40. The summed E-state index contributed by atoms with van der Waals surface area (Å²) in [4.78, 5) is 17.0. The number of carbonyl (C=O) groups excluding carboxylic acids is 1. The first-order chi connectivity index (χ1) is 12.8. The quantitative estimate of drug-likeness (QED) is 0.880. The molecule has 0 atom stereocenters. The van der Waals surface area contributed by atoms with Gasteiger partial charge >= 0.3 is 6.03 Å². The number of amides is 2. The number of ether oxygens (including phenoxy) is 1. The maximum absolute atomic E-state index is 12.6. The average molecular weight is 357 g/mol. The van der Waals surface area contributed by atoms with E-state index in [9.17, 15) is 4.79 Å². The number of nitrogens with zero attached hydrogens (tertiary/aromatic N) is 2. The number of carbonyl (C=O) groups is 1. The summed E-state index contributed by atoms with van der Waals surface area (Å²) in [7, 11) is 0. The summed E-state index contributed by atoms with van der Waals surface area (Å²) < 4.78 is 6.05. The Morgan fingerprint density at radius 3 is 2.35 bits per heavy atom. The Kier molecular flexibility index (Phi) is 5.75. The first kappa shape index (κ1) is 17.8. The summed E-state index contributed by atoms with van der Waals surface area (Å²) in [5.41, 5.74) is 2.76. The van der Waals surface area contributed by atoms with Crippen LogP contribution >= 0.6 is 0 Å². The van der Waals surface area contributed by atoms with Gasteiger partial charge in [-0.25, -0.2) is 4.79 Å². The van der Waals surface area contributed by atoms with Crippen LogP contribution < -0.4 is 5.32 Å². The molecular formula is C21H31N3O2. The molecule has 2 fully saturated rings. The maximum Gasteiger partial charge on any atom is 0.317 e. The lowest BCUT2D eigenvalue weighted by Crippen LogP contribution is -2.49. The molecule has 5 heteroatoms. The third-order valence-electron chi connectivity index (χ3n) is 6.07. The number of piperidine rings is 1. The van der Waals surface area contributed by atoms with E-state index in [2.05, 4.69) is 34.5 Å². The van der Waals surface area contributed by atoms with E-state index in [0.717, 1.165) is 51.9 Å². The highest BCUT2D eigenvalue weighted by Gasteiger charge is 2.27. The minimum absolute atomic E-state index is 0.0957. The van der Waals surface area contributed by atoms with Gasteiger partial charge in [-0.2, -0.15) is 0 Å². The molecule has 0 spiro atoms. The first-order valence-electron chi connectivity index (χ1n) is 10.2. The SMILES string of the molecule is O=C(NC1Cc2ccccc2C1)N1CCC(OCCN2CCCC2)CC1. The zero-order valence-electron chi connectivity index (χ0n) is 15.7. The molecule has 1 N–H and O–H groups in total. The molecule has 1 aromatic rings. The number of fused-ring (bicyclic) bond motifs is 1. The van der Waals surface area contributed by atoms with E-state index in [4.69, 9.17) is 4.74 Å². The lowest BCUT2D eigenvalue weighted by atomic mass is 10.1. The molecule has 142 valence electrons. The van der Waals surface area contributed by atoms with Crippen LogP contribution in [0.3, 0.4) is 0 Å². The van der Waals surface area contributed by atoms with Gasteiger partial charge in [0.25, 0.3) is 0 Å². The number of benzene rings is 1. The molecule has 0 unspecified atom stereocenters. The molecule has 26 heavy (non-hydrogen) atoms. The van der Waals surface area contributed by atoms with Crippen molar-refractivity contribution in [2.45, 2.75) is 50.7 Å². The van der Waals surface area contributed by atoms with Crippen molar-refractivity contribution in [3.05, 3.63) is 35.4 Å². The van der Waals surface area contributed by atoms with Crippen molar-refractivity contribution in [1.82, 2.24) is 15.1 Å². The standard InChI is InChI=1S/C21H31N3O2/c25-21(22-19-15-17-5-1-2-6-18(17)16-19)24-11-7-20(8-12-24)26-14-13-23-9-3-4-10-23/h1-2,5-6,19-20H,3-4,7-16H2,(H,22,25). The highest BCUT2D eigenvalue weighted by molar-refractivity contribution is 5.74. The van der Waals surface area contributed by atoms with Crippen LogP contribution in [0.1, 0.15) is 36.8 Å². The predicted octanol–water partition coefficient (Wildman–Crippen LogP) is 2.44. The van der Waals surface area contributed by atoms with Gasteiger partial charge in [0.2, 0.25) is 0 Å². The summed E-state index contributed by atoms with van der Waals surface area (Å²) in [5, 5.41) is 3.23. The van der Waals surface area contributed by atoms with Gasteiger partial charge in [0.1, 0.15) is 0 Å². The highest BCUT2D eigenvalue weighted by atomic mass is 16.5. The first-order valence-corrected chi connectivity index (χ1v) is 10.2. The maximum atomic E-state index is 12.6. The molecule has 1 aromatic carbocycles. The third kappa shape index (κ3) is 4.38. The molecule has 2 aliphatic heterocycles. The van der Waals surface area contributed by atoms with Gasteiger partial charge in [0.15, 0.2) is 0 Å². The van der Waals surface area contributed by atoms with E-state index in [-0.39, 0.29) is 12.1 Å². The molecule has 3 aliphatic rings. The number of rotatable bonds is 5. The van der Waals surface area contributed by atoms with Crippen molar-refractivity contribution in [2.24, 2.45) is 0 Å². The van der Waals surface area contributed by atoms with Crippen molar-refractivity contribution >= 4 is 6.03 Å². The number of likely N-dealkylation sites (tertiary alicyclic amines) is 2. The molecule has 4 rings (SSSR count). The summed E-state index contributed by atoms with van der Waals surface area (Å²) in [6, 6.07) is 8.85. The van der Waals surface area contributed by atoms with Gasteiger partial charge in [-0.15, -0.1) is 0 Å². The van der Waals surface area contributed by atoms with Crippen LogP contribution in [0.15, 0.2) is 24.3 Å². The molecule has 2 saturated heterocycles. The zero-order valence-corrected chi connectivity index (χ0v) is 15.7. The molecule has 2 heterocycles. The average Bonchev–Trinajstić information content (AvgIpc) is 3.31. The molecule has 0 aromatic heterocycles. The summed E-state index contributed by atoms with van der Waals surface area (Å²) in [5.74, 6) is 0. The normalized spacial score (nSPS) is 21.9. The van der Waals surface area contributed by atoms with Gasteiger partial charge in [-0.05, 0) is 62.7 Å². The topological polar surface area (TPSA) is 44.8 Å². The molecule has 2 amide bonds. The van der Waals surface area contributed by atoms with Crippen LogP contribution in [0.5, 0.6) is 0 Å². The predicted molar refractivity (Wildman–Crippen MR) is 102 cm³/mol. The Labute approximate surface area is 156 Å². The fraction of sp³-hybridized carbons (Fsp3) is 0.667. The van der Waals surface area contributed by atoms with Crippen LogP contribution in [0.2, 0.25) is 0 Å². The monoisotopic (exact) mass is 357 g/mol. The molecule has 0 bridgehead atoms. The third-order valence-corrected chi connectivity index (χ3v) is 6.07. The lowest BCUT2D eigenvalue weighted by Gasteiger charge is -2.33. The smallest absolute Gasteiger partial charge is 0.317 e. The fourth-order valence-corrected chi connectivity index (χ4v) is 4.51. The van der Waals surface area contributed by atoms with E-state index < -0.39 is 0 Å². The van der Waals surface area contributed by atoms with E-state index >= 15 is 0 Å². The Bertz CT molecular complexity index is 582. The molecule has 5 nitrogen and oxygen atoms in total. The van der Waals surface area contributed by atoms with Crippen LogP contribution in [-0.4, -0.2) is 67.3 Å². The van der Waals surface area contributed by atoms with Crippen molar-refractivity contribution < 1.29 is 9.53 Å². The second-order valence-electron chi connectivity index (χ2n) is 7.93. The van der Waals surface area contributed by atoms with Crippen molar-refractivity contribution in [3.8, 4) is 0 Å². The Morgan fingerprint density at radius 1 is 1.04 bits per heavy atom. The largest absolute Gasteiger partial charge is 0.377 e. The van der Waals surface area contributed by atoms with Gasteiger partial charge < -0.3 is 19.9 Å². The van der Waals surface area contributed by atoms with Crippen molar-refractivity contribution in [1.29, 1.82) is 0 Å². The minimum Gasteiger partial charge on any atom is -0.377 e. The van der Waals surface area contributed by atoms with E-state index in [1.807, 2.05) is 4.90 Å². The molecule has 0 saturated carbocycles. The Balaban J connectivity index is 1.15. The van der Waals surface area contributed by atoms with Crippen LogP contribution in [0.4, 0.5) is 4.79 Å². The minimum atomic E-state index is 0.0957. The molecule has 1 aliphatic carbocycles. The number of hydrogen-bond acceptors (Lipinski definition) is 3. The molecular weight excluding hydrogens is 326 g/mol. The second-order valence-corrected chi connectivity index (χ2v) is 7.93. The van der Waals surface area contributed by atoms with E-state index in [1.54, 1.807) is 0 Å². The van der Waals surface area contributed by atoms with Crippen LogP contribution in [0.25, 0.3) is 0 Å². The van der Waals surface area contributed by atoms with E-state index in [0.29, 0.717) is 6.10 Å². The number of nitrogens with one attached hydrogen (secondary N) is 1. The molecule has 0 radical (unpaired) electrons. The van der Waals surface area contributed by atoms with Gasteiger partial charge in [0.05, 0.1) is 12.7 Å².